The highest BCUT2D eigenvalue weighted by Gasteiger charge is 2.52. The second-order valence-electron chi connectivity index (χ2n) is 8.27. The topological polar surface area (TPSA) is 63.6 Å². The third kappa shape index (κ3) is 3.19. The normalized spacial score (nSPS) is 21.1. The number of para-hydroxylation sites is 1. The molecule has 31 heavy (non-hydrogen) atoms. The van der Waals surface area contributed by atoms with E-state index in [2.05, 4.69) is 11.1 Å². The van der Waals surface area contributed by atoms with Crippen LogP contribution >= 0.6 is 0 Å². The van der Waals surface area contributed by atoms with E-state index in [1.54, 1.807) is 21.1 Å². The number of carbonyl (C=O) groups is 1. The average molecular weight is 421 g/mol. The minimum atomic E-state index is -0.538. The molecule has 0 saturated carbocycles. The van der Waals surface area contributed by atoms with Gasteiger partial charge in [-0.1, -0.05) is 18.2 Å². The smallest absolute Gasteiger partial charge is 0.219 e. The Morgan fingerprint density at radius 3 is 2.55 bits per heavy atom. The third-order valence-corrected chi connectivity index (χ3v) is 6.61. The standard InChI is InChI=1S/C24H27N3O4/c1-16(28)26-12-10-24(11-13-26)27-20(18-6-4-5-7-21(18)31-24)15-19(25-27)17-8-9-22(29-2)23(14-17)30-3/h4-9,14,20H,10-13,15H2,1-3H3. The molecule has 3 aliphatic heterocycles. The lowest BCUT2D eigenvalue weighted by Gasteiger charge is -2.51. The lowest BCUT2D eigenvalue weighted by atomic mass is 9.90. The molecule has 2 aromatic rings. The minimum Gasteiger partial charge on any atom is -0.493 e. The molecular formula is C24H27N3O4. The largest absolute Gasteiger partial charge is 0.493 e. The van der Waals surface area contributed by atoms with Gasteiger partial charge in [-0.15, -0.1) is 0 Å². The van der Waals surface area contributed by atoms with Crippen LogP contribution in [0.1, 0.15) is 43.4 Å². The van der Waals surface area contributed by atoms with Crippen LogP contribution in [0, 0.1) is 0 Å². The van der Waals surface area contributed by atoms with Crippen molar-refractivity contribution in [2.24, 2.45) is 5.10 Å². The second kappa shape index (κ2) is 7.48. The third-order valence-electron chi connectivity index (χ3n) is 6.61. The van der Waals surface area contributed by atoms with E-state index in [4.69, 9.17) is 19.3 Å². The molecule has 162 valence electrons. The zero-order valence-corrected chi connectivity index (χ0v) is 18.1. The Bertz CT molecular complexity index is 1040. The molecule has 0 aliphatic carbocycles. The SMILES string of the molecule is COc1ccc(C2=NN3C(C2)c2ccccc2OC32CCN(C(C)=O)CC2)cc1OC. The zero-order valence-electron chi connectivity index (χ0n) is 18.1. The van der Waals surface area contributed by atoms with Gasteiger partial charge in [-0.05, 0) is 24.3 Å². The number of benzene rings is 2. The summed E-state index contributed by atoms with van der Waals surface area (Å²) >= 11 is 0. The monoisotopic (exact) mass is 421 g/mol. The second-order valence-corrected chi connectivity index (χ2v) is 8.27. The van der Waals surface area contributed by atoms with Crippen LogP contribution in [0.15, 0.2) is 47.6 Å². The lowest BCUT2D eigenvalue weighted by Crippen LogP contribution is -2.59. The number of piperidine rings is 1. The molecule has 2 aromatic carbocycles. The fourth-order valence-corrected chi connectivity index (χ4v) is 4.92. The maximum atomic E-state index is 11.9. The summed E-state index contributed by atoms with van der Waals surface area (Å²) in [7, 11) is 3.28. The van der Waals surface area contributed by atoms with Gasteiger partial charge in [0.2, 0.25) is 11.6 Å². The van der Waals surface area contributed by atoms with Crippen molar-refractivity contribution in [2.75, 3.05) is 27.3 Å². The summed E-state index contributed by atoms with van der Waals surface area (Å²) in [4.78, 5) is 13.8. The predicted molar refractivity (Wildman–Crippen MR) is 117 cm³/mol. The highest BCUT2D eigenvalue weighted by Crippen LogP contribution is 2.50. The number of methoxy groups -OCH3 is 2. The Morgan fingerprint density at radius 2 is 1.84 bits per heavy atom. The van der Waals surface area contributed by atoms with Crippen LogP contribution < -0.4 is 14.2 Å². The molecule has 0 N–H and O–H groups in total. The highest BCUT2D eigenvalue weighted by atomic mass is 16.5. The van der Waals surface area contributed by atoms with Gasteiger partial charge in [0.05, 0.1) is 26.0 Å². The van der Waals surface area contributed by atoms with Gasteiger partial charge < -0.3 is 19.1 Å². The molecule has 1 spiro atoms. The Morgan fingerprint density at radius 1 is 1.10 bits per heavy atom. The molecule has 1 unspecified atom stereocenters. The van der Waals surface area contributed by atoms with Crippen molar-refractivity contribution in [3.63, 3.8) is 0 Å². The summed E-state index contributed by atoms with van der Waals surface area (Å²) in [6.07, 6.45) is 2.23. The molecule has 1 fully saturated rings. The van der Waals surface area contributed by atoms with Gasteiger partial charge in [-0.3, -0.25) is 4.79 Å². The van der Waals surface area contributed by atoms with E-state index < -0.39 is 5.72 Å². The van der Waals surface area contributed by atoms with Crippen molar-refractivity contribution in [1.82, 2.24) is 9.91 Å². The van der Waals surface area contributed by atoms with Crippen molar-refractivity contribution >= 4 is 11.6 Å². The first-order valence-electron chi connectivity index (χ1n) is 10.7. The van der Waals surface area contributed by atoms with Crippen molar-refractivity contribution in [3.05, 3.63) is 53.6 Å². The van der Waals surface area contributed by atoms with E-state index in [-0.39, 0.29) is 11.9 Å². The van der Waals surface area contributed by atoms with E-state index in [1.165, 1.54) is 0 Å². The van der Waals surface area contributed by atoms with Crippen LogP contribution in [0.5, 0.6) is 17.2 Å². The van der Waals surface area contributed by atoms with Crippen LogP contribution in [0.2, 0.25) is 0 Å². The molecular weight excluding hydrogens is 394 g/mol. The summed E-state index contributed by atoms with van der Waals surface area (Å²) < 4.78 is 17.5. The van der Waals surface area contributed by atoms with Crippen LogP contribution in [-0.2, 0) is 4.79 Å². The first-order chi connectivity index (χ1) is 15.0. The molecule has 7 heteroatoms. The number of likely N-dealkylation sites (tertiary alicyclic amines) is 1. The maximum Gasteiger partial charge on any atom is 0.219 e. The Labute approximate surface area is 182 Å². The number of carbonyl (C=O) groups excluding carboxylic acids is 1. The van der Waals surface area contributed by atoms with E-state index in [1.807, 2.05) is 41.3 Å². The maximum absolute atomic E-state index is 11.9. The van der Waals surface area contributed by atoms with Crippen molar-refractivity contribution in [1.29, 1.82) is 0 Å². The van der Waals surface area contributed by atoms with Gasteiger partial charge in [0.15, 0.2) is 11.5 Å². The summed E-state index contributed by atoms with van der Waals surface area (Å²) in [6.45, 7) is 2.96. The number of ether oxygens (including phenoxy) is 3. The number of amides is 1. The number of hydrogen-bond acceptors (Lipinski definition) is 6. The van der Waals surface area contributed by atoms with Gasteiger partial charge in [0.1, 0.15) is 5.75 Å². The quantitative estimate of drug-likeness (QED) is 0.758. The average Bonchev–Trinajstić information content (AvgIpc) is 3.26. The summed E-state index contributed by atoms with van der Waals surface area (Å²) in [5.74, 6) is 2.42. The van der Waals surface area contributed by atoms with Crippen molar-refractivity contribution < 1.29 is 19.0 Å². The fourth-order valence-electron chi connectivity index (χ4n) is 4.92. The molecule has 5 rings (SSSR count). The Balaban J connectivity index is 1.53. The fraction of sp³-hybridized carbons (Fsp3) is 0.417. The predicted octanol–water partition coefficient (Wildman–Crippen LogP) is 3.59. The van der Waals surface area contributed by atoms with Gasteiger partial charge in [0, 0.05) is 50.4 Å². The molecule has 3 heterocycles. The summed E-state index contributed by atoms with van der Waals surface area (Å²) in [6, 6.07) is 14.3. The number of rotatable bonds is 3. The summed E-state index contributed by atoms with van der Waals surface area (Å²) in [5.41, 5.74) is 2.63. The lowest BCUT2D eigenvalue weighted by molar-refractivity contribution is -0.158. The van der Waals surface area contributed by atoms with Crippen LogP contribution in [0.25, 0.3) is 0 Å². The van der Waals surface area contributed by atoms with Gasteiger partial charge in [-0.25, -0.2) is 5.01 Å². The van der Waals surface area contributed by atoms with Gasteiger partial charge >= 0.3 is 0 Å². The van der Waals surface area contributed by atoms with Crippen molar-refractivity contribution in [3.8, 4) is 17.2 Å². The Kier molecular flexibility index (Phi) is 4.76. The molecule has 1 saturated heterocycles. The van der Waals surface area contributed by atoms with Crippen LogP contribution in [0.3, 0.4) is 0 Å². The number of hydrazone groups is 1. The molecule has 0 radical (unpaired) electrons. The molecule has 3 aliphatic rings. The minimum absolute atomic E-state index is 0.108. The zero-order chi connectivity index (χ0) is 21.6. The Hall–Kier alpha value is -3.22. The van der Waals surface area contributed by atoms with Gasteiger partial charge in [-0.2, -0.15) is 5.10 Å². The van der Waals surface area contributed by atoms with E-state index in [9.17, 15) is 4.79 Å². The van der Waals surface area contributed by atoms with Crippen molar-refractivity contribution in [2.45, 2.75) is 38.0 Å². The first kappa shape index (κ1) is 19.7. The van der Waals surface area contributed by atoms with E-state index in [0.29, 0.717) is 24.6 Å². The van der Waals surface area contributed by atoms with E-state index in [0.717, 1.165) is 41.9 Å². The molecule has 0 bridgehead atoms. The molecule has 1 amide bonds. The molecule has 0 aromatic heterocycles. The first-order valence-corrected chi connectivity index (χ1v) is 10.7. The number of nitrogens with zero attached hydrogens (tertiary/aromatic N) is 3. The van der Waals surface area contributed by atoms with E-state index >= 15 is 0 Å². The van der Waals surface area contributed by atoms with Crippen LogP contribution in [0.4, 0.5) is 0 Å². The molecule has 7 nitrogen and oxygen atoms in total. The summed E-state index contributed by atoms with van der Waals surface area (Å²) in [5, 5.41) is 7.23. The highest BCUT2D eigenvalue weighted by molar-refractivity contribution is 6.02. The number of fused-ring (bicyclic) bond motifs is 4. The molecule has 1 atom stereocenters. The van der Waals surface area contributed by atoms with Gasteiger partial charge in [0.25, 0.3) is 0 Å². The number of hydrogen-bond donors (Lipinski definition) is 0. The van der Waals surface area contributed by atoms with Crippen LogP contribution in [-0.4, -0.2) is 54.6 Å².